The van der Waals surface area contributed by atoms with Crippen LogP contribution in [0.2, 0.25) is 0 Å². The van der Waals surface area contributed by atoms with Crippen LogP contribution in [-0.2, 0) is 0 Å². The molecule has 4 heteroatoms. The molecule has 2 unspecified atom stereocenters. The van der Waals surface area contributed by atoms with Crippen molar-refractivity contribution in [3.63, 3.8) is 0 Å². The maximum Gasteiger partial charge on any atom is 0.129 e. The lowest BCUT2D eigenvalue weighted by atomic mass is 10.0. The number of benzene rings is 1. The number of hydrogen-bond acceptors (Lipinski definition) is 2. The third-order valence-corrected chi connectivity index (χ3v) is 2.71. The highest BCUT2D eigenvalue weighted by Gasteiger charge is 2.36. The van der Waals surface area contributed by atoms with Gasteiger partial charge in [0.05, 0.1) is 6.10 Å². The van der Waals surface area contributed by atoms with Crippen molar-refractivity contribution in [1.82, 2.24) is 0 Å². The van der Waals surface area contributed by atoms with Gasteiger partial charge in [0.15, 0.2) is 0 Å². The van der Waals surface area contributed by atoms with Crippen molar-refractivity contribution in [1.29, 1.82) is 0 Å². The van der Waals surface area contributed by atoms with Crippen LogP contribution >= 0.6 is 0 Å². The topological polar surface area (TPSA) is 40.5 Å². The molecule has 0 spiro atoms. The summed E-state index contributed by atoms with van der Waals surface area (Å²) in [5, 5.41) is 19.2. The van der Waals surface area contributed by atoms with Gasteiger partial charge in [0.1, 0.15) is 17.7 Å². The summed E-state index contributed by atoms with van der Waals surface area (Å²) in [6.07, 6.45) is -0.681. The molecule has 0 amide bonds. The van der Waals surface area contributed by atoms with Gasteiger partial charge in [-0.25, -0.2) is 8.78 Å². The summed E-state index contributed by atoms with van der Waals surface area (Å²) in [6, 6.07) is 2.86. The third-order valence-electron chi connectivity index (χ3n) is 2.71. The Morgan fingerprint density at radius 1 is 1.20 bits per heavy atom. The van der Waals surface area contributed by atoms with E-state index in [1.807, 2.05) is 0 Å². The Bertz CT molecular complexity index is 364. The smallest absolute Gasteiger partial charge is 0.129 e. The van der Waals surface area contributed by atoms with Gasteiger partial charge in [-0.15, -0.1) is 0 Å². The predicted octanol–water partition coefficient (Wildman–Crippen LogP) is 1.77. The zero-order valence-electron chi connectivity index (χ0n) is 8.03. The van der Waals surface area contributed by atoms with Crippen molar-refractivity contribution < 1.29 is 19.0 Å². The van der Waals surface area contributed by atoms with Crippen molar-refractivity contribution in [2.24, 2.45) is 5.92 Å². The molecule has 0 aliphatic heterocycles. The Labute approximate surface area is 86.2 Å². The number of rotatable bonds is 3. The molecule has 1 fully saturated rings. The Kier molecular flexibility index (Phi) is 2.71. The molecular weight excluding hydrogens is 202 g/mol. The molecule has 1 aliphatic rings. The van der Waals surface area contributed by atoms with Gasteiger partial charge in [0.25, 0.3) is 0 Å². The lowest BCUT2D eigenvalue weighted by molar-refractivity contribution is 0.00274. The van der Waals surface area contributed by atoms with Crippen LogP contribution in [0.25, 0.3) is 0 Å². The van der Waals surface area contributed by atoms with E-state index in [9.17, 15) is 19.0 Å². The molecule has 1 aromatic rings. The van der Waals surface area contributed by atoms with E-state index in [0.717, 1.165) is 31.0 Å². The first-order valence-electron chi connectivity index (χ1n) is 4.90. The van der Waals surface area contributed by atoms with Crippen LogP contribution in [0.3, 0.4) is 0 Å². The summed E-state index contributed by atoms with van der Waals surface area (Å²) in [4.78, 5) is 0. The van der Waals surface area contributed by atoms with Crippen molar-refractivity contribution in [2.45, 2.75) is 25.0 Å². The Balaban J connectivity index is 2.23. The van der Waals surface area contributed by atoms with Crippen LogP contribution in [0.1, 0.15) is 24.5 Å². The van der Waals surface area contributed by atoms with Gasteiger partial charge in [0.2, 0.25) is 0 Å². The fourth-order valence-electron chi connectivity index (χ4n) is 1.62. The SMILES string of the molecule is OC(c1cc(F)ccc1F)C(O)C1CC1. The highest BCUT2D eigenvalue weighted by molar-refractivity contribution is 5.22. The summed E-state index contributed by atoms with van der Waals surface area (Å²) in [7, 11) is 0. The van der Waals surface area contributed by atoms with E-state index in [1.165, 1.54) is 0 Å². The molecule has 1 aromatic carbocycles. The highest BCUT2D eigenvalue weighted by Crippen LogP contribution is 2.38. The number of aliphatic hydroxyl groups excluding tert-OH is 2. The molecule has 15 heavy (non-hydrogen) atoms. The average molecular weight is 214 g/mol. The average Bonchev–Trinajstić information content (AvgIpc) is 3.03. The molecule has 2 nitrogen and oxygen atoms in total. The van der Waals surface area contributed by atoms with Gasteiger partial charge in [-0.1, -0.05) is 0 Å². The number of hydrogen-bond donors (Lipinski definition) is 2. The quantitative estimate of drug-likeness (QED) is 0.805. The zero-order chi connectivity index (χ0) is 11.0. The van der Waals surface area contributed by atoms with Crippen LogP contribution in [-0.4, -0.2) is 16.3 Å². The molecule has 1 aliphatic carbocycles. The standard InChI is InChI=1S/C11H12F2O2/c12-7-3-4-9(13)8(5-7)11(15)10(14)6-1-2-6/h3-6,10-11,14-15H,1-2H2. The number of halogens is 2. The molecule has 0 saturated heterocycles. The highest BCUT2D eigenvalue weighted by atomic mass is 19.1. The molecular formula is C11H12F2O2. The summed E-state index contributed by atoms with van der Waals surface area (Å²) < 4.78 is 26.1. The molecule has 0 aromatic heterocycles. The predicted molar refractivity (Wildman–Crippen MR) is 50.0 cm³/mol. The Morgan fingerprint density at radius 2 is 1.87 bits per heavy atom. The molecule has 0 radical (unpaired) electrons. The van der Waals surface area contributed by atoms with Gasteiger partial charge in [-0.05, 0) is 37.0 Å². The van der Waals surface area contributed by atoms with Gasteiger partial charge in [-0.3, -0.25) is 0 Å². The van der Waals surface area contributed by atoms with Crippen LogP contribution in [0.15, 0.2) is 18.2 Å². The van der Waals surface area contributed by atoms with Crippen molar-refractivity contribution in [2.75, 3.05) is 0 Å². The van der Waals surface area contributed by atoms with Crippen LogP contribution in [0.4, 0.5) is 8.78 Å². The fourth-order valence-corrected chi connectivity index (χ4v) is 1.62. The summed E-state index contributed by atoms with van der Waals surface area (Å²) in [6.45, 7) is 0. The molecule has 2 atom stereocenters. The minimum absolute atomic E-state index is 0.0164. The molecule has 0 heterocycles. The van der Waals surface area contributed by atoms with E-state index in [0.29, 0.717) is 0 Å². The number of aliphatic hydroxyl groups is 2. The largest absolute Gasteiger partial charge is 0.390 e. The second-order valence-electron chi connectivity index (χ2n) is 3.94. The van der Waals surface area contributed by atoms with E-state index in [1.54, 1.807) is 0 Å². The third kappa shape index (κ3) is 2.16. The lowest BCUT2D eigenvalue weighted by Gasteiger charge is -2.18. The van der Waals surface area contributed by atoms with Gasteiger partial charge < -0.3 is 10.2 Å². The first kappa shape index (κ1) is 10.5. The van der Waals surface area contributed by atoms with Gasteiger partial charge in [-0.2, -0.15) is 0 Å². The van der Waals surface area contributed by atoms with Crippen LogP contribution < -0.4 is 0 Å². The normalized spacial score (nSPS) is 20.0. The van der Waals surface area contributed by atoms with E-state index in [-0.39, 0.29) is 11.5 Å². The molecule has 2 rings (SSSR count). The van der Waals surface area contributed by atoms with Gasteiger partial charge >= 0.3 is 0 Å². The minimum atomic E-state index is -1.34. The lowest BCUT2D eigenvalue weighted by Crippen LogP contribution is -2.21. The minimum Gasteiger partial charge on any atom is -0.390 e. The molecule has 1 saturated carbocycles. The first-order chi connectivity index (χ1) is 7.09. The summed E-state index contributed by atoms with van der Waals surface area (Å²) >= 11 is 0. The van der Waals surface area contributed by atoms with E-state index < -0.39 is 23.8 Å². The maximum atomic E-state index is 13.2. The molecule has 0 bridgehead atoms. The summed E-state index contributed by atoms with van der Waals surface area (Å²) in [5.74, 6) is -1.29. The molecule has 2 N–H and O–H groups in total. The maximum absolute atomic E-state index is 13.2. The van der Waals surface area contributed by atoms with Crippen molar-refractivity contribution in [3.8, 4) is 0 Å². The van der Waals surface area contributed by atoms with Crippen LogP contribution in [0.5, 0.6) is 0 Å². The molecule has 82 valence electrons. The zero-order valence-corrected chi connectivity index (χ0v) is 8.03. The van der Waals surface area contributed by atoms with Crippen LogP contribution in [0, 0.1) is 17.6 Å². The van der Waals surface area contributed by atoms with Crippen molar-refractivity contribution >= 4 is 0 Å². The Hall–Kier alpha value is -1.00. The van der Waals surface area contributed by atoms with E-state index in [2.05, 4.69) is 0 Å². The monoisotopic (exact) mass is 214 g/mol. The second-order valence-corrected chi connectivity index (χ2v) is 3.94. The van der Waals surface area contributed by atoms with Gasteiger partial charge in [0, 0.05) is 5.56 Å². The fraction of sp³-hybridized carbons (Fsp3) is 0.455. The van der Waals surface area contributed by atoms with Crippen molar-refractivity contribution in [3.05, 3.63) is 35.4 Å². The van der Waals surface area contributed by atoms with E-state index in [4.69, 9.17) is 0 Å². The Morgan fingerprint density at radius 3 is 2.47 bits per heavy atom. The first-order valence-corrected chi connectivity index (χ1v) is 4.90. The summed E-state index contributed by atoms with van der Waals surface area (Å²) in [5.41, 5.74) is -0.172. The van der Waals surface area contributed by atoms with E-state index >= 15 is 0 Å². The second kappa shape index (κ2) is 3.87.